The van der Waals surface area contributed by atoms with Crippen LogP contribution in [0.3, 0.4) is 0 Å². The van der Waals surface area contributed by atoms with E-state index in [-0.39, 0.29) is 0 Å². The van der Waals surface area contributed by atoms with Gasteiger partial charge in [0.2, 0.25) is 0 Å². The average molecular weight is 138 g/mol. The first kappa shape index (κ1) is 5.92. The highest BCUT2D eigenvalue weighted by Crippen LogP contribution is 2.28. The van der Waals surface area contributed by atoms with Crippen molar-refractivity contribution in [3.63, 3.8) is 0 Å². The van der Waals surface area contributed by atoms with Gasteiger partial charge in [-0.2, -0.15) is 5.10 Å². The molecule has 0 aromatic carbocycles. The highest BCUT2D eigenvalue weighted by atomic mass is 16.6. The number of nitrogens with zero attached hydrogens (tertiary/aromatic N) is 2. The van der Waals surface area contributed by atoms with Gasteiger partial charge < -0.3 is 4.74 Å². The molecule has 1 atom stereocenters. The summed E-state index contributed by atoms with van der Waals surface area (Å²) >= 11 is 0. The van der Waals surface area contributed by atoms with E-state index in [2.05, 4.69) is 12.0 Å². The molecule has 1 fully saturated rings. The molecular weight excluding hydrogens is 128 g/mol. The smallest absolute Gasteiger partial charge is 0.109 e. The van der Waals surface area contributed by atoms with E-state index in [9.17, 15) is 0 Å². The van der Waals surface area contributed by atoms with Crippen LogP contribution < -0.4 is 0 Å². The fourth-order valence-corrected chi connectivity index (χ4v) is 0.959. The van der Waals surface area contributed by atoms with Crippen molar-refractivity contribution in [1.82, 2.24) is 9.78 Å². The Balaban J connectivity index is 2.19. The van der Waals surface area contributed by atoms with Crippen LogP contribution in [0.15, 0.2) is 12.4 Å². The molecule has 0 N–H and O–H groups in total. The van der Waals surface area contributed by atoms with Crippen LogP contribution in [0.2, 0.25) is 0 Å². The molecule has 0 aliphatic carbocycles. The van der Waals surface area contributed by atoms with Crippen molar-refractivity contribution in [2.24, 2.45) is 0 Å². The molecule has 1 aliphatic heterocycles. The normalized spacial score (nSPS) is 23.1. The van der Waals surface area contributed by atoms with Crippen molar-refractivity contribution >= 4 is 0 Å². The number of rotatable bonds is 2. The van der Waals surface area contributed by atoms with E-state index in [1.165, 1.54) is 5.56 Å². The van der Waals surface area contributed by atoms with Gasteiger partial charge >= 0.3 is 0 Å². The summed E-state index contributed by atoms with van der Waals surface area (Å²) in [7, 11) is 0. The van der Waals surface area contributed by atoms with E-state index in [1.807, 2.05) is 17.1 Å². The first-order valence-electron chi connectivity index (χ1n) is 3.54. The molecule has 0 radical (unpaired) electrons. The third-order valence-corrected chi connectivity index (χ3v) is 1.68. The van der Waals surface area contributed by atoms with Gasteiger partial charge in [0.15, 0.2) is 0 Å². The van der Waals surface area contributed by atoms with Crippen LogP contribution in [0.25, 0.3) is 0 Å². The SMILES string of the molecule is CCn1cc([C@H]2CO2)cn1. The van der Waals surface area contributed by atoms with E-state index >= 15 is 0 Å². The molecular formula is C7H10N2O. The number of aromatic nitrogens is 2. The lowest BCUT2D eigenvalue weighted by atomic mass is 10.3. The Morgan fingerprint density at radius 1 is 1.90 bits per heavy atom. The molecule has 2 heterocycles. The highest BCUT2D eigenvalue weighted by molar-refractivity contribution is 5.11. The van der Waals surface area contributed by atoms with Crippen molar-refractivity contribution in [3.8, 4) is 0 Å². The predicted molar refractivity (Wildman–Crippen MR) is 36.6 cm³/mol. The van der Waals surface area contributed by atoms with Crippen molar-refractivity contribution < 1.29 is 4.74 Å². The summed E-state index contributed by atoms with van der Waals surface area (Å²) in [5, 5.41) is 4.13. The molecule has 3 nitrogen and oxygen atoms in total. The van der Waals surface area contributed by atoms with Crippen molar-refractivity contribution in [3.05, 3.63) is 18.0 Å². The lowest BCUT2D eigenvalue weighted by Gasteiger charge is -1.89. The molecule has 0 bridgehead atoms. The Kier molecular flexibility index (Phi) is 1.24. The van der Waals surface area contributed by atoms with Gasteiger partial charge in [-0.05, 0) is 6.92 Å². The Bertz CT molecular complexity index is 227. The zero-order valence-electron chi connectivity index (χ0n) is 5.95. The molecule has 3 heteroatoms. The lowest BCUT2D eigenvalue weighted by molar-refractivity contribution is 0.415. The summed E-state index contributed by atoms with van der Waals surface area (Å²) in [5.41, 5.74) is 1.21. The van der Waals surface area contributed by atoms with E-state index < -0.39 is 0 Å². The van der Waals surface area contributed by atoms with E-state index in [0.29, 0.717) is 6.10 Å². The second kappa shape index (κ2) is 2.09. The van der Waals surface area contributed by atoms with Crippen LogP contribution in [0, 0.1) is 0 Å². The average Bonchev–Trinajstić information content (AvgIpc) is 2.70. The van der Waals surface area contributed by atoms with Crippen LogP contribution in [0.5, 0.6) is 0 Å². The summed E-state index contributed by atoms with van der Waals surface area (Å²) in [6.07, 6.45) is 4.26. The third-order valence-electron chi connectivity index (χ3n) is 1.68. The Morgan fingerprint density at radius 3 is 3.20 bits per heavy atom. The van der Waals surface area contributed by atoms with Crippen LogP contribution in [-0.4, -0.2) is 16.4 Å². The van der Waals surface area contributed by atoms with Crippen molar-refractivity contribution in [1.29, 1.82) is 0 Å². The molecule has 1 aliphatic rings. The summed E-state index contributed by atoms with van der Waals surface area (Å²) < 4.78 is 7.01. The van der Waals surface area contributed by atoms with Crippen LogP contribution >= 0.6 is 0 Å². The number of epoxide rings is 1. The number of hydrogen-bond acceptors (Lipinski definition) is 2. The first-order valence-corrected chi connectivity index (χ1v) is 3.54. The van der Waals surface area contributed by atoms with Crippen LogP contribution in [0.1, 0.15) is 18.6 Å². The number of ether oxygens (including phenoxy) is 1. The van der Waals surface area contributed by atoms with Gasteiger partial charge in [0.05, 0.1) is 12.8 Å². The lowest BCUT2D eigenvalue weighted by Crippen LogP contribution is -1.92. The minimum absolute atomic E-state index is 0.347. The van der Waals surface area contributed by atoms with Crippen molar-refractivity contribution in [2.75, 3.05) is 6.61 Å². The number of aryl methyl sites for hydroxylation is 1. The molecule has 0 amide bonds. The zero-order valence-corrected chi connectivity index (χ0v) is 5.95. The summed E-state index contributed by atoms with van der Waals surface area (Å²) in [4.78, 5) is 0. The Hall–Kier alpha value is -0.830. The second-order valence-electron chi connectivity index (χ2n) is 2.45. The molecule has 10 heavy (non-hydrogen) atoms. The Labute approximate surface area is 59.6 Å². The van der Waals surface area contributed by atoms with Gasteiger partial charge in [-0.25, -0.2) is 0 Å². The molecule has 2 rings (SSSR count). The Morgan fingerprint density at radius 2 is 2.70 bits per heavy atom. The molecule has 1 aromatic heterocycles. The van der Waals surface area contributed by atoms with Gasteiger partial charge in [-0.15, -0.1) is 0 Å². The van der Waals surface area contributed by atoms with Crippen LogP contribution in [0.4, 0.5) is 0 Å². The quantitative estimate of drug-likeness (QED) is 0.570. The summed E-state index contributed by atoms with van der Waals surface area (Å²) in [6, 6.07) is 0. The van der Waals surface area contributed by atoms with Gasteiger partial charge in [-0.3, -0.25) is 4.68 Å². The van der Waals surface area contributed by atoms with E-state index in [1.54, 1.807) is 0 Å². The first-order chi connectivity index (χ1) is 4.90. The van der Waals surface area contributed by atoms with E-state index in [0.717, 1.165) is 13.2 Å². The maximum atomic E-state index is 5.10. The monoisotopic (exact) mass is 138 g/mol. The third kappa shape index (κ3) is 0.926. The number of hydrogen-bond donors (Lipinski definition) is 0. The molecule has 54 valence electrons. The minimum atomic E-state index is 0.347. The van der Waals surface area contributed by atoms with Gasteiger partial charge in [0.25, 0.3) is 0 Å². The zero-order chi connectivity index (χ0) is 6.97. The fraction of sp³-hybridized carbons (Fsp3) is 0.571. The molecule has 0 saturated carbocycles. The fourth-order valence-electron chi connectivity index (χ4n) is 0.959. The highest BCUT2D eigenvalue weighted by Gasteiger charge is 2.25. The maximum absolute atomic E-state index is 5.10. The largest absolute Gasteiger partial charge is 0.368 e. The second-order valence-corrected chi connectivity index (χ2v) is 2.45. The minimum Gasteiger partial charge on any atom is -0.368 e. The maximum Gasteiger partial charge on any atom is 0.109 e. The van der Waals surface area contributed by atoms with E-state index in [4.69, 9.17) is 4.74 Å². The molecule has 1 saturated heterocycles. The molecule has 0 unspecified atom stereocenters. The van der Waals surface area contributed by atoms with Gasteiger partial charge in [-0.1, -0.05) is 0 Å². The molecule has 0 spiro atoms. The topological polar surface area (TPSA) is 30.4 Å². The summed E-state index contributed by atoms with van der Waals surface area (Å²) in [6.45, 7) is 3.88. The van der Waals surface area contributed by atoms with Gasteiger partial charge in [0.1, 0.15) is 6.10 Å². The van der Waals surface area contributed by atoms with Crippen LogP contribution in [-0.2, 0) is 11.3 Å². The standard InChI is InChI=1S/C7H10N2O/c1-2-9-4-6(3-8-9)7-5-10-7/h3-4,7H,2,5H2,1H3/t7-/m1/s1. The van der Waals surface area contributed by atoms with Gasteiger partial charge in [0, 0.05) is 18.3 Å². The predicted octanol–water partition coefficient (Wildman–Crippen LogP) is 0.974. The van der Waals surface area contributed by atoms with Crippen molar-refractivity contribution in [2.45, 2.75) is 19.6 Å². The summed E-state index contributed by atoms with van der Waals surface area (Å²) in [5.74, 6) is 0. The molecule has 1 aromatic rings.